The van der Waals surface area contributed by atoms with Gasteiger partial charge in [-0.2, -0.15) is 0 Å². The van der Waals surface area contributed by atoms with Crippen LogP contribution < -0.4 is 11.3 Å². The van der Waals surface area contributed by atoms with Crippen LogP contribution >= 0.6 is 0 Å². The van der Waals surface area contributed by atoms with Gasteiger partial charge in [-0.3, -0.25) is 14.2 Å². The summed E-state index contributed by atoms with van der Waals surface area (Å²) >= 11 is 0. The van der Waals surface area contributed by atoms with E-state index in [0.717, 1.165) is 10.1 Å². The number of rotatable bonds is 4. The molecule has 23 heavy (non-hydrogen) atoms. The maximum Gasteiger partial charge on any atom is 0.262 e. The molecule has 5 nitrogen and oxygen atoms in total. The number of nitrogens with zero attached hydrogens (tertiary/aromatic N) is 2. The van der Waals surface area contributed by atoms with Crippen LogP contribution in [0.4, 0.5) is 4.39 Å². The molecule has 0 aliphatic carbocycles. The van der Waals surface area contributed by atoms with Gasteiger partial charge >= 0.3 is 0 Å². The summed E-state index contributed by atoms with van der Waals surface area (Å²) in [7, 11) is 0. The number of para-hydroxylation sites is 1. The number of benzene rings is 2. The van der Waals surface area contributed by atoms with E-state index in [-0.39, 0.29) is 17.3 Å². The number of nitrogens with two attached hydrogens (primary N) is 1. The summed E-state index contributed by atoms with van der Waals surface area (Å²) < 4.78 is 14.9. The van der Waals surface area contributed by atoms with Crippen molar-refractivity contribution in [2.45, 2.75) is 12.5 Å². The summed E-state index contributed by atoms with van der Waals surface area (Å²) in [5.41, 5.74) is 5.81. The van der Waals surface area contributed by atoms with Crippen molar-refractivity contribution in [1.82, 2.24) is 9.55 Å². The third kappa shape index (κ3) is 2.83. The molecule has 0 spiro atoms. The Hall–Kier alpha value is -3.02. The van der Waals surface area contributed by atoms with Crippen molar-refractivity contribution in [3.8, 4) is 0 Å². The summed E-state index contributed by atoms with van der Waals surface area (Å²) in [4.78, 5) is 28.4. The lowest BCUT2D eigenvalue weighted by atomic mass is 10.1. The molecule has 0 aliphatic rings. The van der Waals surface area contributed by atoms with Gasteiger partial charge in [0.15, 0.2) is 0 Å². The van der Waals surface area contributed by atoms with Crippen molar-refractivity contribution in [1.29, 1.82) is 0 Å². The number of carbonyl (C=O) groups is 1. The lowest BCUT2D eigenvalue weighted by Gasteiger charge is -2.17. The molecule has 0 saturated carbocycles. The number of primary amides is 1. The van der Waals surface area contributed by atoms with Gasteiger partial charge in [0.25, 0.3) is 5.56 Å². The number of fused-ring (bicyclic) bond motifs is 1. The highest BCUT2D eigenvalue weighted by molar-refractivity contribution is 5.81. The first-order valence-electron chi connectivity index (χ1n) is 7.06. The van der Waals surface area contributed by atoms with E-state index in [1.807, 2.05) is 30.3 Å². The molecule has 0 saturated heterocycles. The quantitative estimate of drug-likeness (QED) is 0.798. The Kier molecular flexibility index (Phi) is 3.89. The van der Waals surface area contributed by atoms with Crippen LogP contribution in [-0.2, 0) is 11.2 Å². The molecular weight excluding hydrogens is 297 g/mol. The summed E-state index contributed by atoms with van der Waals surface area (Å²) in [6, 6.07) is 12.5. The molecule has 1 amide bonds. The first-order valence-corrected chi connectivity index (χ1v) is 7.06. The summed E-state index contributed by atoms with van der Waals surface area (Å²) in [6.45, 7) is 0. The molecule has 0 fully saturated rings. The van der Waals surface area contributed by atoms with E-state index in [1.54, 1.807) is 0 Å². The van der Waals surface area contributed by atoms with Gasteiger partial charge in [0.1, 0.15) is 17.4 Å². The van der Waals surface area contributed by atoms with Crippen LogP contribution in [-0.4, -0.2) is 15.5 Å². The topological polar surface area (TPSA) is 78.0 Å². The number of carbonyl (C=O) groups excluding carboxylic acids is 1. The van der Waals surface area contributed by atoms with Gasteiger partial charge in [-0.25, -0.2) is 9.37 Å². The third-order valence-corrected chi connectivity index (χ3v) is 3.70. The molecule has 116 valence electrons. The second-order valence-corrected chi connectivity index (χ2v) is 5.20. The molecule has 6 heteroatoms. The van der Waals surface area contributed by atoms with E-state index in [0.29, 0.717) is 0 Å². The Morgan fingerprint density at radius 3 is 2.61 bits per heavy atom. The lowest BCUT2D eigenvalue weighted by molar-refractivity contribution is -0.121. The molecule has 1 heterocycles. The Balaban J connectivity index is 2.10. The SMILES string of the molecule is NC(=O)[C@H](Cc1ccccc1)n1cnc2c(F)cccc2c1=O. The molecule has 0 unspecified atom stereocenters. The third-order valence-electron chi connectivity index (χ3n) is 3.70. The standard InChI is InChI=1S/C17H14FN3O2/c18-13-8-4-7-12-15(13)20-10-21(17(12)23)14(16(19)22)9-11-5-2-1-3-6-11/h1-8,10,14H,9H2,(H2,19,22)/t14-/m0/s1. The number of hydrogen-bond acceptors (Lipinski definition) is 3. The number of amides is 1. The van der Waals surface area contributed by atoms with Gasteiger partial charge in [0, 0.05) is 6.42 Å². The fourth-order valence-corrected chi connectivity index (χ4v) is 2.53. The Morgan fingerprint density at radius 2 is 1.91 bits per heavy atom. The van der Waals surface area contributed by atoms with Crippen LogP contribution in [0, 0.1) is 5.82 Å². The maximum atomic E-state index is 13.7. The molecular formula is C17H14FN3O2. The van der Waals surface area contributed by atoms with Crippen LogP contribution in [0.15, 0.2) is 59.7 Å². The predicted octanol–water partition coefficient (Wildman–Crippen LogP) is 1.80. The second-order valence-electron chi connectivity index (χ2n) is 5.20. The van der Waals surface area contributed by atoms with Gasteiger partial charge in [-0.05, 0) is 17.7 Å². The van der Waals surface area contributed by atoms with Crippen molar-refractivity contribution in [3.05, 3.63) is 76.6 Å². The van der Waals surface area contributed by atoms with Crippen molar-refractivity contribution in [3.63, 3.8) is 0 Å². The average Bonchev–Trinajstić information content (AvgIpc) is 2.55. The summed E-state index contributed by atoms with van der Waals surface area (Å²) in [5.74, 6) is -1.22. The van der Waals surface area contributed by atoms with Crippen molar-refractivity contribution in [2.75, 3.05) is 0 Å². The van der Waals surface area contributed by atoms with Gasteiger partial charge in [0.2, 0.25) is 5.91 Å². The van der Waals surface area contributed by atoms with Crippen LogP contribution in [0.25, 0.3) is 10.9 Å². The molecule has 1 aromatic heterocycles. The Bertz CT molecular complexity index is 922. The van der Waals surface area contributed by atoms with E-state index >= 15 is 0 Å². The Morgan fingerprint density at radius 1 is 1.17 bits per heavy atom. The summed E-state index contributed by atoms with van der Waals surface area (Å²) in [5, 5.41) is 0.117. The average molecular weight is 311 g/mol. The highest BCUT2D eigenvalue weighted by atomic mass is 19.1. The minimum Gasteiger partial charge on any atom is -0.368 e. The predicted molar refractivity (Wildman–Crippen MR) is 84.3 cm³/mol. The van der Waals surface area contributed by atoms with E-state index in [4.69, 9.17) is 5.73 Å². The van der Waals surface area contributed by atoms with Gasteiger partial charge in [0.05, 0.1) is 11.7 Å². The van der Waals surface area contributed by atoms with Gasteiger partial charge in [-0.1, -0.05) is 36.4 Å². The lowest BCUT2D eigenvalue weighted by Crippen LogP contribution is -2.35. The zero-order valence-electron chi connectivity index (χ0n) is 12.1. The molecule has 3 rings (SSSR count). The van der Waals surface area contributed by atoms with E-state index < -0.39 is 23.3 Å². The van der Waals surface area contributed by atoms with E-state index in [2.05, 4.69) is 4.98 Å². The van der Waals surface area contributed by atoms with Crippen LogP contribution in [0.3, 0.4) is 0 Å². The first-order chi connectivity index (χ1) is 11.1. The second kappa shape index (κ2) is 6.00. The Labute approximate surface area is 131 Å². The summed E-state index contributed by atoms with van der Waals surface area (Å²) in [6.07, 6.45) is 1.44. The van der Waals surface area contributed by atoms with E-state index in [1.165, 1.54) is 24.5 Å². The smallest absolute Gasteiger partial charge is 0.262 e. The minimum absolute atomic E-state index is 0.0170. The van der Waals surface area contributed by atoms with Crippen LogP contribution in [0.5, 0.6) is 0 Å². The normalized spacial score (nSPS) is 12.2. The number of aromatic nitrogens is 2. The van der Waals surface area contributed by atoms with Crippen molar-refractivity contribution >= 4 is 16.8 Å². The molecule has 0 radical (unpaired) electrons. The zero-order chi connectivity index (χ0) is 16.4. The number of hydrogen-bond donors (Lipinski definition) is 1. The zero-order valence-corrected chi connectivity index (χ0v) is 12.1. The monoisotopic (exact) mass is 311 g/mol. The van der Waals surface area contributed by atoms with Crippen molar-refractivity contribution < 1.29 is 9.18 Å². The highest BCUT2D eigenvalue weighted by Crippen LogP contribution is 2.15. The maximum absolute atomic E-state index is 13.7. The van der Waals surface area contributed by atoms with Gasteiger partial charge < -0.3 is 5.73 Å². The first kappa shape index (κ1) is 14.9. The van der Waals surface area contributed by atoms with Crippen LogP contribution in [0.2, 0.25) is 0 Å². The number of halogens is 1. The fraction of sp³-hybridized carbons (Fsp3) is 0.118. The molecule has 2 N–H and O–H groups in total. The largest absolute Gasteiger partial charge is 0.368 e. The molecule has 1 atom stereocenters. The highest BCUT2D eigenvalue weighted by Gasteiger charge is 2.21. The molecule has 0 bridgehead atoms. The van der Waals surface area contributed by atoms with Crippen molar-refractivity contribution in [2.24, 2.45) is 5.73 Å². The van der Waals surface area contributed by atoms with Gasteiger partial charge in [-0.15, -0.1) is 0 Å². The molecule has 3 aromatic rings. The minimum atomic E-state index is -0.884. The fourth-order valence-electron chi connectivity index (χ4n) is 2.53. The van der Waals surface area contributed by atoms with Crippen LogP contribution in [0.1, 0.15) is 11.6 Å². The molecule has 2 aromatic carbocycles. The molecule has 0 aliphatic heterocycles. The van der Waals surface area contributed by atoms with E-state index in [9.17, 15) is 14.0 Å².